The number of likely N-dealkylation sites (N-methyl/N-ethyl adjacent to an activating group) is 1. The maximum atomic E-state index is 13.7. The van der Waals surface area contributed by atoms with Gasteiger partial charge in [-0.05, 0) is 19.9 Å². The average Bonchev–Trinajstić information content (AvgIpc) is 2.45. The fourth-order valence-electron chi connectivity index (χ4n) is 2.30. The van der Waals surface area contributed by atoms with Gasteiger partial charge in [-0.3, -0.25) is 0 Å². The number of halogens is 4. The second kappa shape index (κ2) is 5.90. The topological polar surface area (TPSA) is 49.4 Å². The third-order valence-corrected chi connectivity index (χ3v) is 5.35. The van der Waals surface area contributed by atoms with Crippen molar-refractivity contribution in [1.82, 2.24) is 9.62 Å². The highest BCUT2D eigenvalue weighted by atomic mass is 32.2. The van der Waals surface area contributed by atoms with Gasteiger partial charge >= 0.3 is 0 Å². The van der Waals surface area contributed by atoms with E-state index in [-0.39, 0.29) is 25.2 Å². The van der Waals surface area contributed by atoms with E-state index < -0.39 is 38.2 Å². The van der Waals surface area contributed by atoms with E-state index in [9.17, 15) is 26.0 Å². The first kappa shape index (κ1) is 16.2. The van der Waals surface area contributed by atoms with Gasteiger partial charge < -0.3 is 5.32 Å². The molecule has 1 aliphatic rings. The SMILES string of the molecule is CNC1CCCN(S(=O)(=O)c2c(F)c(F)cc(F)c2F)C1. The van der Waals surface area contributed by atoms with E-state index in [1.165, 1.54) is 0 Å². The highest BCUT2D eigenvalue weighted by Gasteiger charge is 2.36. The number of nitrogens with zero attached hydrogens (tertiary/aromatic N) is 1. The van der Waals surface area contributed by atoms with Crippen molar-refractivity contribution in [2.24, 2.45) is 0 Å². The molecule has 1 N–H and O–H groups in total. The fourth-order valence-corrected chi connectivity index (χ4v) is 3.95. The van der Waals surface area contributed by atoms with Crippen LogP contribution in [0.4, 0.5) is 17.6 Å². The van der Waals surface area contributed by atoms with Gasteiger partial charge in [0.2, 0.25) is 10.0 Å². The zero-order valence-electron chi connectivity index (χ0n) is 11.2. The van der Waals surface area contributed by atoms with Gasteiger partial charge in [0.15, 0.2) is 28.2 Å². The Morgan fingerprint density at radius 2 is 1.76 bits per heavy atom. The number of rotatable bonds is 3. The molecule has 1 fully saturated rings. The van der Waals surface area contributed by atoms with Crippen LogP contribution in [0.1, 0.15) is 12.8 Å². The van der Waals surface area contributed by atoms with Crippen LogP contribution in [0, 0.1) is 23.3 Å². The molecule has 1 unspecified atom stereocenters. The maximum absolute atomic E-state index is 13.7. The number of sulfonamides is 1. The fraction of sp³-hybridized carbons (Fsp3) is 0.500. The van der Waals surface area contributed by atoms with E-state index in [2.05, 4.69) is 5.32 Å². The van der Waals surface area contributed by atoms with Crippen molar-refractivity contribution in [3.63, 3.8) is 0 Å². The Kier molecular flexibility index (Phi) is 4.54. The minimum atomic E-state index is -4.65. The average molecular weight is 326 g/mol. The summed E-state index contributed by atoms with van der Waals surface area (Å²) in [6.07, 6.45) is 1.18. The zero-order chi connectivity index (χ0) is 15.8. The zero-order valence-corrected chi connectivity index (χ0v) is 12.0. The summed E-state index contributed by atoms with van der Waals surface area (Å²) < 4.78 is 79.1. The van der Waals surface area contributed by atoms with Gasteiger partial charge in [-0.2, -0.15) is 4.31 Å². The Labute approximate surface area is 119 Å². The second-order valence-electron chi connectivity index (χ2n) is 4.79. The third-order valence-electron chi connectivity index (χ3n) is 3.46. The number of hydrogen-bond donors (Lipinski definition) is 1. The predicted molar refractivity (Wildman–Crippen MR) is 67.1 cm³/mol. The molecular formula is C12H14F4N2O2S. The minimum absolute atomic E-state index is 0.0176. The van der Waals surface area contributed by atoms with E-state index in [4.69, 9.17) is 0 Å². The number of nitrogens with one attached hydrogen (secondary N) is 1. The van der Waals surface area contributed by atoms with Crippen molar-refractivity contribution < 1.29 is 26.0 Å². The molecule has 21 heavy (non-hydrogen) atoms. The number of piperidine rings is 1. The van der Waals surface area contributed by atoms with Crippen molar-refractivity contribution in [2.75, 3.05) is 20.1 Å². The molecule has 1 aliphatic heterocycles. The summed E-state index contributed by atoms with van der Waals surface area (Å²) in [5, 5.41) is 2.87. The van der Waals surface area contributed by atoms with Gasteiger partial charge in [-0.25, -0.2) is 26.0 Å². The molecule has 0 aliphatic carbocycles. The lowest BCUT2D eigenvalue weighted by Gasteiger charge is -2.31. The molecular weight excluding hydrogens is 312 g/mol. The quantitative estimate of drug-likeness (QED) is 0.678. The molecule has 0 amide bonds. The van der Waals surface area contributed by atoms with Crippen LogP contribution in [-0.2, 0) is 10.0 Å². The first-order chi connectivity index (χ1) is 9.78. The van der Waals surface area contributed by atoms with E-state index in [0.29, 0.717) is 12.8 Å². The van der Waals surface area contributed by atoms with Gasteiger partial charge in [0.25, 0.3) is 0 Å². The molecule has 1 heterocycles. The number of benzene rings is 1. The Morgan fingerprint density at radius 1 is 1.19 bits per heavy atom. The molecule has 0 spiro atoms. The minimum Gasteiger partial charge on any atom is -0.316 e. The first-order valence-electron chi connectivity index (χ1n) is 6.29. The van der Waals surface area contributed by atoms with Gasteiger partial charge in [-0.15, -0.1) is 0 Å². The van der Waals surface area contributed by atoms with Crippen molar-refractivity contribution in [3.05, 3.63) is 29.3 Å². The van der Waals surface area contributed by atoms with Gasteiger partial charge in [0.1, 0.15) is 0 Å². The van der Waals surface area contributed by atoms with Crippen molar-refractivity contribution in [1.29, 1.82) is 0 Å². The van der Waals surface area contributed by atoms with E-state index in [1.54, 1.807) is 7.05 Å². The Bertz CT molecular complexity index is 625. The van der Waals surface area contributed by atoms with Gasteiger partial charge in [0.05, 0.1) is 0 Å². The van der Waals surface area contributed by atoms with Crippen LogP contribution in [-0.4, -0.2) is 38.9 Å². The third kappa shape index (κ3) is 2.90. The van der Waals surface area contributed by atoms with Gasteiger partial charge in [0, 0.05) is 25.2 Å². The molecule has 0 bridgehead atoms. The van der Waals surface area contributed by atoms with Crippen LogP contribution < -0.4 is 5.32 Å². The molecule has 0 saturated carbocycles. The molecule has 9 heteroatoms. The standard InChI is InChI=1S/C12H14F4N2O2S/c1-17-7-3-2-4-18(6-7)21(19,20)12-10(15)8(13)5-9(14)11(12)16/h5,7,17H,2-4,6H2,1H3. The predicted octanol–water partition coefficient (Wildman–Crippen LogP) is 1.62. The Hall–Kier alpha value is -1.19. The van der Waals surface area contributed by atoms with Crippen molar-refractivity contribution in [2.45, 2.75) is 23.8 Å². The molecule has 0 radical (unpaired) electrons. The summed E-state index contributed by atoms with van der Waals surface area (Å²) in [5.41, 5.74) is 0. The molecule has 118 valence electrons. The summed E-state index contributed by atoms with van der Waals surface area (Å²) in [4.78, 5) is -1.57. The normalized spacial score (nSPS) is 20.7. The maximum Gasteiger partial charge on any atom is 0.249 e. The van der Waals surface area contributed by atoms with Crippen LogP contribution in [0.15, 0.2) is 11.0 Å². The lowest BCUT2D eigenvalue weighted by Crippen LogP contribution is -2.47. The van der Waals surface area contributed by atoms with Crippen LogP contribution in [0.25, 0.3) is 0 Å². The summed E-state index contributed by atoms with van der Waals surface area (Å²) in [5.74, 6) is -7.29. The molecule has 1 atom stereocenters. The lowest BCUT2D eigenvalue weighted by molar-refractivity contribution is 0.289. The van der Waals surface area contributed by atoms with E-state index in [1.807, 2.05) is 0 Å². The summed E-state index contributed by atoms with van der Waals surface area (Å²) in [7, 11) is -3.02. The van der Waals surface area contributed by atoms with Gasteiger partial charge in [-0.1, -0.05) is 0 Å². The Morgan fingerprint density at radius 3 is 2.29 bits per heavy atom. The summed E-state index contributed by atoms with van der Waals surface area (Å²) in [6.45, 7) is 0.0212. The van der Waals surface area contributed by atoms with Crippen molar-refractivity contribution in [3.8, 4) is 0 Å². The smallest absolute Gasteiger partial charge is 0.249 e. The second-order valence-corrected chi connectivity index (χ2v) is 6.66. The first-order valence-corrected chi connectivity index (χ1v) is 7.73. The van der Waals surface area contributed by atoms with Crippen LogP contribution in [0.2, 0.25) is 0 Å². The highest BCUT2D eigenvalue weighted by molar-refractivity contribution is 7.89. The van der Waals surface area contributed by atoms with E-state index in [0.717, 1.165) is 4.31 Å². The molecule has 2 rings (SSSR count). The monoisotopic (exact) mass is 326 g/mol. The summed E-state index contributed by atoms with van der Waals surface area (Å²) >= 11 is 0. The Balaban J connectivity index is 2.50. The van der Waals surface area contributed by atoms with Crippen LogP contribution in [0.3, 0.4) is 0 Å². The van der Waals surface area contributed by atoms with Crippen LogP contribution >= 0.6 is 0 Å². The molecule has 1 aromatic rings. The lowest BCUT2D eigenvalue weighted by atomic mass is 10.1. The van der Waals surface area contributed by atoms with Crippen LogP contribution in [0.5, 0.6) is 0 Å². The molecule has 1 saturated heterocycles. The molecule has 0 aromatic heterocycles. The van der Waals surface area contributed by atoms with E-state index >= 15 is 0 Å². The largest absolute Gasteiger partial charge is 0.316 e. The number of hydrogen-bond acceptors (Lipinski definition) is 3. The van der Waals surface area contributed by atoms with Crippen molar-refractivity contribution >= 4 is 10.0 Å². The molecule has 1 aromatic carbocycles. The highest BCUT2D eigenvalue weighted by Crippen LogP contribution is 2.28. The molecule has 4 nitrogen and oxygen atoms in total. The summed E-state index contributed by atoms with van der Waals surface area (Å²) in [6, 6.07) is -0.200.